The second kappa shape index (κ2) is 13.8. The predicted molar refractivity (Wildman–Crippen MR) is 93.0 cm³/mol. The molecule has 0 rings (SSSR count). The van der Waals surface area contributed by atoms with Gasteiger partial charge in [0.1, 0.15) is 0 Å². The van der Waals surface area contributed by atoms with E-state index < -0.39 is 15.3 Å². The van der Waals surface area contributed by atoms with E-state index in [0.717, 1.165) is 51.4 Å². The monoisotopic (exact) mass is 352 g/mol. The first-order valence-electron chi connectivity index (χ1n) is 8.63. The van der Waals surface area contributed by atoms with Crippen LogP contribution in [-0.4, -0.2) is 31.1 Å². The largest absolute Gasteiger partial charge is 0.230 e. The number of unbranched alkanes of at least 4 members (excludes halogenated alkanes) is 8. The van der Waals surface area contributed by atoms with Crippen molar-refractivity contribution in [3.8, 4) is 18.2 Å². The Morgan fingerprint density at radius 2 is 1.21 bits per heavy atom. The lowest BCUT2D eigenvalue weighted by Gasteiger charge is -2.23. The predicted octanol–water partition coefficient (Wildman–Crippen LogP) is 3.48. The number of rotatable bonds is 14. The average molecular weight is 353 g/mol. The third-order valence-corrected chi connectivity index (χ3v) is 5.96. The Morgan fingerprint density at radius 1 is 0.792 bits per heavy atom. The van der Waals surface area contributed by atoms with E-state index in [1.807, 2.05) is 6.07 Å². The summed E-state index contributed by atoms with van der Waals surface area (Å²) in [5.74, 6) is 0. The molecular weight excluding hydrogens is 324 g/mol. The van der Waals surface area contributed by atoms with Gasteiger partial charge >= 0.3 is 0 Å². The summed E-state index contributed by atoms with van der Waals surface area (Å²) >= 11 is 0. The molecule has 24 heavy (non-hydrogen) atoms. The average Bonchev–Trinajstić information content (AvgIpc) is 2.57. The van der Waals surface area contributed by atoms with E-state index in [1.54, 1.807) is 0 Å². The van der Waals surface area contributed by atoms with Gasteiger partial charge in [-0.25, -0.2) is 12.7 Å². The second-order valence-electron chi connectivity index (χ2n) is 5.86. The Kier molecular flexibility index (Phi) is 12.9. The molecule has 0 aromatic heterocycles. The summed E-state index contributed by atoms with van der Waals surface area (Å²) in [5, 5.41) is 24.9. The second-order valence-corrected chi connectivity index (χ2v) is 8.11. The Labute approximate surface area is 146 Å². The van der Waals surface area contributed by atoms with Gasteiger partial charge in [0.2, 0.25) is 10.0 Å². The van der Waals surface area contributed by atoms with Gasteiger partial charge in [0.15, 0.2) is 5.25 Å². The minimum atomic E-state index is -3.58. The van der Waals surface area contributed by atoms with Gasteiger partial charge < -0.3 is 0 Å². The Morgan fingerprint density at radius 3 is 1.58 bits per heavy atom. The van der Waals surface area contributed by atoms with Crippen LogP contribution in [0.1, 0.15) is 71.1 Å². The molecule has 1 unspecified atom stereocenters. The molecule has 0 radical (unpaired) electrons. The molecule has 0 saturated carbocycles. The number of nitrogens with zero attached hydrogens (tertiary/aromatic N) is 4. The molecule has 6 nitrogen and oxygen atoms in total. The van der Waals surface area contributed by atoms with Crippen molar-refractivity contribution in [3.05, 3.63) is 0 Å². The fourth-order valence-corrected chi connectivity index (χ4v) is 3.70. The summed E-state index contributed by atoms with van der Waals surface area (Å²) in [6.45, 7) is 2.28. The zero-order valence-electron chi connectivity index (χ0n) is 14.6. The highest BCUT2D eigenvalue weighted by Crippen LogP contribution is 2.14. The number of nitriles is 3. The van der Waals surface area contributed by atoms with Gasteiger partial charge in [-0.3, -0.25) is 0 Å². The van der Waals surface area contributed by atoms with Crippen LogP contribution in [0.25, 0.3) is 0 Å². The quantitative estimate of drug-likeness (QED) is 0.445. The molecule has 0 amide bonds. The molecule has 1 atom stereocenters. The van der Waals surface area contributed by atoms with Crippen molar-refractivity contribution < 1.29 is 8.42 Å². The Bertz CT molecular complexity index is 529. The van der Waals surface area contributed by atoms with Crippen LogP contribution in [0.3, 0.4) is 0 Å². The summed E-state index contributed by atoms with van der Waals surface area (Å²) in [7, 11) is -3.58. The van der Waals surface area contributed by atoms with Gasteiger partial charge in [-0.2, -0.15) is 15.8 Å². The number of hydrogen-bond donors (Lipinski definition) is 0. The summed E-state index contributed by atoms with van der Waals surface area (Å²) in [6, 6.07) is 6.02. The van der Waals surface area contributed by atoms with Gasteiger partial charge in [-0.1, -0.05) is 25.7 Å². The van der Waals surface area contributed by atoms with Crippen LogP contribution in [-0.2, 0) is 10.0 Å². The molecule has 0 aliphatic carbocycles. The minimum Gasteiger partial charge on any atom is -0.211 e. The van der Waals surface area contributed by atoms with Crippen LogP contribution >= 0.6 is 0 Å². The van der Waals surface area contributed by atoms with Crippen molar-refractivity contribution in [1.82, 2.24) is 4.31 Å². The molecule has 0 aromatic rings. The van der Waals surface area contributed by atoms with Gasteiger partial charge in [-0.05, 0) is 32.6 Å². The molecule has 0 heterocycles. The van der Waals surface area contributed by atoms with Crippen LogP contribution in [0.2, 0.25) is 0 Å². The van der Waals surface area contributed by atoms with Crippen molar-refractivity contribution >= 4 is 10.0 Å². The van der Waals surface area contributed by atoms with Crippen LogP contribution in [0.4, 0.5) is 0 Å². The minimum absolute atomic E-state index is 0.430. The summed E-state index contributed by atoms with van der Waals surface area (Å²) in [6.07, 6.45) is 7.87. The normalized spacial score (nSPS) is 12.3. The highest BCUT2D eigenvalue weighted by molar-refractivity contribution is 7.89. The van der Waals surface area contributed by atoms with Crippen molar-refractivity contribution in [3.63, 3.8) is 0 Å². The van der Waals surface area contributed by atoms with Gasteiger partial charge in [0.25, 0.3) is 0 Å². The van der Waals surface area contributed by atoms with Gasteiger partial charge in [-0.15, -0.1) is 0 Å². The molecule has 0 aromatic carbocycles. The van der Waals surface area contributed by atoms with E-state index in [2.05, 4.69) is 12.1 Å². The summed E-state index contributed by atoms with van der Waals surface area (Å²) < 4.78 is 26.3. The third kappa shape index (κ3) is 9.50. The smallest absolute Gasteiger partial charge is 0.211 e. The van der Waals surface area contributed by atoms with E-state index in [9.17, 15) is 8.42 Å². The fourth-order valence-electron chi connectivity index (χ4n) is 2.35. The molecule has 0 aliphatic heterocycles. The number of sulfonamides is 1. The lowest BCUT2D eigenvalue weighted by atomic mass is 10.1. The molecule has 0 spiro atoms. The Hall–Kier alpha value is -1.62. The maximum Gasteiger partial charge on any atom is 0.230 e. The number of hydrogen-bond acceptors (Lipinski definition) is 5. The molecular formula is C17H28N4O2S. The summed E-state index contributed by atoms with van der Waals surface area (Å²) in [4.78, 5) is 0. The molecule has 0 fully saturated rings. The zero-order valence-corrected chi connectivity index (χ0v) is 15.4. The molecule has 134 valence electrons. The van der Waals surface area contributed by atoms with Crippen LogP contribution < -0.4 is 0 Å². The maximum atomic E-state index is 12.4. The molecule has 7 heteroatoms. The first-order chi connectivity index (χ1) is 11.5. The maximum absolute atomic E-state index is 12.4. The van der Waals surface area contributed by atoms with Gasteiger partial charge in [0, 0.05) is 25.9 Å². The highest BCUT2D eigenvalue weighted by atomic mass is 32.2. The third-order valence-electron chi connectivity index (χ3n) is 3.88. The van der Waals surface area contributed by atoms with Gasteiger partial charge in [0.05, 0.1) is 18.2 Å². The first kappa shape index (κ1) is 22.4. The summed E-state index contributed by atoms with van der Waals surface area (Å²) in [5.41, 5.74) is 0. The van der Waals surface area contributed by atoms with E-state index in [-0.39, 0.29) is 0 Å². The molecule has 0 aliphatic rings. The highest BCUT2D eigenvalue weighted by Gasteiger charge is 2.27. The molecule has 0 bridgehead atoms. The lowest BCUT2D eigenvalue weighted by molar-refractivity contribution is 0.383. The topological polar surface area (TPSA) is 109 Å². The van der Waals surface area contributed by atoms with E-state index in [4.69, 9.17) is 15.8 Å². The van der Waals surface area contributed by atoms with Crippen molar-refractivity contribution in [2.24, 2.45) is 0 Å². The lowest BCUT2D eigenvalue weighted by Crippen LogP contribution is -2.38. The van der Waals surface area contributed by atoms with Crippen LogP contribution in [0, 0.1) is 34.0 Å². The first-order valence-corrected chi connectivity index (χ1v) is 10.1. The SMILES string of the molecule is CC(C#N)S(=O)(=O)N(CCCCCCC#N)CCCCCCC#N. The van der Waals surface area contributed by atoms with E-state index >= 15 is 0 Å². The molecule has 0 saturated heterocycles. The van der Waals surface area contributed by atoms with Crippen LogP contribution in [0.5, 0.6) is 0 Å². The standard InChI is InChI=1S/C17H28N4O2S/c1-17(16-20)24(22,23)21(14-10-6-2-4-8-12-18)15-11-7-3-5-9-13-19/h17H,2-11,14-15H2,1H3. The van der Waals surface area contributed by atoms with Crippen molar-refractivity contribution in [1.29, 1.82) is 15.8 Å². The zero-order chi connectivity index (χ0) is 18.3. The Balaban J connectivity index is 4.39. The van der Waals surface area contributed by atoms with E-state index in [0.29, 0.717) is 25.9 Å². The van der Waals surface area contributed by atoms with Crippen molar-refractivity contribution in [2.75, 3.05) is 13.1 Å². The van der Waals surface area contributed by atoms with E-state index in [1.165, 1.54) is 11.2 Å². The van der Waals surface area contributed by atoms with Crippen LogP contribution in [0.15, 0.2) is 0 Å². The fraction of sp³-hybridized carbons (Fsp3) is 0.824. The molecule has 0 N–H and O–H groups in total. The van der Waals surface area contributed by atoms with Crippen molar-refractivity contribution in [2.45, 2.75) is 76.4 Å².